The Morgan fingerprint density at radius 1 is 1.41 bits per heavy atom. The summed E-state index contributed by atoms with van der Waals surface area (Å²) in [6.07, 6.45) is 0.211. The number of ether oxygens (including phenoxy) is 2. The number of carbonyl (C=O) groups excluding carboxylic acids is 2. The molecule has 0 saturated carbocycles. The minimum Gasteiger partial charge on any atom is -0.461 e. The van der Waals surface area contributed by atoms with E-state index < -0.39 is 11.6 Å². The number of aromatic amines is 1. The Kier molecular flexibility index (Phi) is 4.44. The molecule has 1 atom stereocenters. The standard InChI is InChI=1S/C15H23N3O4/c1-6-21-13(19)12-10-8-18(14(20)22-15(3,4)5)9(2)7-11(10)16-17-12/h9H,6-8H2,1-5H3,(H,16,17)/t9-/m1/s1. The maximum Gasteiger partial charge on any atom is 0.410 e. The lowest BCUT2D eigenvalue weighted by Crippen LogP contribution is -2.45. The number of H-pyrrole nitrogens is 1. The topological polar surface area (TPSA) is 84.5 Å². The number of esters is 1. The Hall–Kier alpha value is -2.05. The van der Waals surface area contributed by atoms with Crippen molar-refractivity contribution in [2.24, 2.45) is 0 Å². The molecule has 7 heteroatoms. The third kappa shape index (κ3) is 3.40. The molecule has 0 saturated heterocycles. The molecular formula is C15H23N3O4. The van der Waals surface area contributed by atoms with Crippen LogP contribution in [0.4, 0.5) is 4.79 Å². The van der Waals surface area contributed by atoms with Gasteiger partial charge in [-0.2, -0.15) is 5.10 Å². The molecule has 1 N–H and O–H groups in total. The van der Waals surface area contributed by atoms with E-state index in [-0.39, 0.29) is 31.0 Å². The van der Waals surface area contributed by atoms with Crippen molar-refractivity contribution in [3.8, 4) is 0 Å². The lowest BCUT2D eigenvalue weighted by Gasteiger charge is -2.34. The molecule has 0 aliphatic carbocycles. The van der Waals surface area contributed by atoms with Gasteiger partial charge in [-0.15, -0.1) is 0 Å². The van der Waals surface area contributed by atoms with Gasteiger partial charge >= 0.3 is 12.1 Å². The summed E-state index contributed by atoms with van der Waals surface area (Å²) >= 11 is 0. The van der Waals surface area contributed by atoms with Crippen molar-refractivity contribution in [2.75, 3.05) is 6.61 Å². The molecule has 0 bridgehead atoms. The monoisotopic (exact) mass is 309 g/mol. The Labute approximate surface area is 130 Å². The smallest absolute Gasteiger partial charge is 0.410 e. The normalized spacial score (nSPS) is 17.9. The van der Waals surface area contributed by atoms with Gasteiger partial charge < -0.3 is 14.4 Å². The maximum absolute atomic E-state index is 12.3. The molecule has 1 amide bonds. The quantitative estimate of drug-likeness (QED) is 0.847. The number of amides is 1. The van der Waals surface area contributed by atoms with Crippen molar-refractivity contribution in [3.05, 3.63) is 17.0 Å². The van der Waals surface area contributed by atoms with Crippen LogP contribution in [0.5, 0.6) is 0 Å². The van der Waals surface area contributed by atoms with E-state index in [0.717, 1.165) is 5.69 Å². The Bertz CT molecular complexity index is 574. The predicted molar refractivity (Wildman–Crippen MR) is 79.5 cm³/mol. The van der Waals surface area contributed by atoms with Crippen molar-refractivity contribution >= 4 is 12.1 Å². The molecule has 0 fully saturated rings. The lowest BCUT2D eigenvalue weighted by molar-refractivity contribution is 0.0134. The summed E-state index contributed by atoms with van der Waals surface area (Å²) in [7, 11) is 0. The number of nitrogens with zero attached hydrogens (tertiary/aromatic N) is 2. The summed E-state index contributed by atoms with van der Waals surface area (Å²) in [5.41, 5.74) is 1.27. The summed E-state index contributed by atoms with van der Waals surface area (Å²) in [5, 5.41) is 6.91. The molecule has 22 heavy (non-hydrogen) atoms. The van der Waals surface area contributed by atoms with Crippen molar-refractivity contribution in [1.82, 2.24) is 15.1 Å². The van der Waals surface area contributed by atoms with Gasteiger partial charge in [0, 0.05) is 23.7 Å². The molecule has 1 aromatic rings. The molecule has 1 aliphatic heterocycles. The van der Waals surface area contributed by atoms with Crippen molar-refractivity contribution in [2.45, 2.75) is 59.2 Å². The second-order valence-corrected chi connectivity index (χ2v) is 6.41. The fourth-order valence-electron chi connectivity index (χ4n) is 2.41. The zero-order chi connectivity index (χ0) is 16.5. The van der Waals surface area contributed by atoms with E-state index in [1.807, 2.05) is 27.7 Å². The SMILES string of the molecule is CCOC(=O)c1n[nH]c2c1CN(C(=O)OC(C)(C)C)[C@H](C)C2. The van der Waals surface area contributed by atoms with Crippen LogP contribution in [0.1, 0.15) is 56.4 Å². The van der Waals surface area contributed by atoms with Gasteiger partial charge in [0.1, 0.15) is 5.60 Å². The van der Waals surface area contributed by atoms with E-state index in [1.165, 1.54) is 0 Å². The molecule has 2 rings (SSSR count). The first-order valence-electron chi connectivity index (χ1n) is 7.45. The minimum absolute atomic E-state index is 0.0298. The second kappa shape index (κ2) is 5.98. The Balaban J connectivity index is 2.22. The Morgan fingerprint density at radius 2 is 2.09 bits per heavy atom. The number of hydrogen-bond donors (Lipinski definition) is 1. The third-order valence-corrected chi connectivity index (χ3v) is 3.41. The number of aromatic nitrogens is 2. The summed E-state index contributed by atoms with van der Waals surface area (Å²) in [6, 6.07) is -0.0298. The highest BCUT2D eigenvalue weighted by molar-refractivity contribution is 5.89. The molecule has 2 heterocycles. The molecule has 0 aromatic carbocycles. The number of fused-ring (bicyclic) bond motifs is 1. The average Bonchev–Trinajstić information content (AvgIpc) is 2.78. The van der Waals surface area contributed by atoms with Gasteiger partial charge in [-0.05, 0) is 34.6 Å². The summed E-state index contributed by atoms with van der Waals surface area (Å²) in [6.45, 7) is 9.74. The van der Waals surface area contributed by atoms with Gasteiger partial charge in [0.2, 0.25) is 0 Å². The first-order valence-corrected chi connectivity index (χ1v) is 7.45. The van der Waals surface area contributed by atoms with E-state index in [4.69, 9.17) is 9.47 Å². The molecule has 1 aromatic heterocycles. The number of rotatable bonds is 2. The summed E-state index contributed by atoms with van der Waals surface area (Å²) < 4.78 is 10.4. The van der Waals surface area contributed by atoms with Crippen LogP contribution in [-0.4, -0.2) is 45.4 Å². The van der Waals surface area contributed by atoms with Gasteiger partial charge in [-0.1, -0.05) is 0 Å². The highest BCUT2D eigenvalue weighted by atomic mass is 16.6. The third-order valence-electron chi connectivity index (χ3n) is 3.41. The molecule has 7 nitrogen and oxygen atoms in total. The van der Waals surface area contributed by atoms with Crippen molar-refractivity contribution < 1.29 is 19.1 Å². The minimum atomic E-state index is -0.558. The van der Waals surface area contributed by atoms with Crippen LogP contribution in [0.2, 0.25) is 0 Å². The van der Waals surface area contributed by atoms with Crippen LogP contribution >= 0.6 is 0 Å². The lowest BCUT2D eigenvalue weighted by atomic mass is 10.00. The molecule has 0 radical (unpaired) electrons. The van der Waals surface area contributed by atoms with Crippen LogP contribution in [-0.2, 0) is 22.4 Å². The van der Waals surface area contributed by atoms with Crippen LogP contribution in [0, 0.1) is 0 Å². The van der Waals surface area contributed by atoms with Crippen LogP contribution < -0.4 is 0 Å². The van der Waals surface area contributed by atoms with E-state index >= 15 is 0 Å². The van der Waals surface area contributed by atoms with E-state index in [2.05, 4.69) is 10.2 Å². The van der Waals surface area contributed by atoms with E-state index in [9.17, 15) is 9.59 Å². The molecule has 1 aliphatic rings. The van der Waals surface area contributed by atoms with Gasteiger partial charge in [0.15, 0.2) is 5.69 Å². The van der Waals surface area contributed by atoms with Gasteiger partial charge in [0.25, 0.3) is 0 Å². The van der Waals surface area contributed by atoms with Crippen LogP contribution in [0.3, 0.4) is 0 Å². The van der Waals surface area contributed by atoms with E-state index in [1.54, 1.807) is 11.8 Å². The molecule has 0 spiro atoms. The van der Waals surface area contributed by atoms with Crippen molar-refractivity contribution in [1.29, 1.82) is 0 Å². The summed E-state index contributed by atoms with van der Waals surface area (Å²) in [5.74, 6) is -0.473. The van der Waals surface area contributed by atoms with Crippen LogP contribution in [0.15, 0.2) is 0 Å². The first-order chi connectivity index (χ1) is 10.2. The molecular weight excluding hydrogens is 286 g/mol. The highest BCUT2D eigenvalue weighted by Crippen LogP contribution is 2.26. The number of carbonyl (C=O) groups is 2. The zero-order valence-electron chi connectivity index (χ0n) is 13.7. The second-order valence-electron chi connectivity index (χ2n) is 6.41. The van der Waals surface area contributed by atoms with Gasteiger partial charge in [-0.25, -0.2) is 9.59 Å². The first kappa shape index (κ1) is 16.3. The maximum atomic E-state index is 12.3. The average molecular weight is 309 g/mol. The van der Waals surface area contributed by atoms with Gasteiger partial charge in [-0.3, -0.25) is 5.10 Å². The largest absolute Gasteiger partial charge is 0.461 e. The fourth-order valence-corrected chi connectivity index (χ4v) is 2.41. The summed E-state index contributed by atoms with van der Waals surface area (Å²) in [4.78, 5) is 25.9. The zero-order valence-corrected chi connectivity index (χ0v) is 13.7. The van der Waals surface area contributed by atoms with Gasteiger partial charge in [0.05, 0.1) is 13.2 Å². The highest BCUT2D eigenvalue weighted by Gasteiger charge is 2.34. The molecule has 0 unspecified atom stereocenters. The van der Waals surface area contributed by atoms with E-state index in [0.29, 0.717) is 12.0 Å². The number of hydrogen-bond acceptors (Lipinski definition) is 5. The fraction of sp³-hybridized carbons (Fsp3) is 0.667. The van der Waals surface area contributed by atoms with Crippen LogP contribution in [0.25, 0.3) is 0 Å². The molecule has 122 valence electrons. The Morgan fingerprint density at radius 3 is 2.68 bits per heavy atom. The van der Waals surface area contributed by atoms with Crippen molar-refractivity contribution in [3.63, 3.8) is 0 Å². The number of nitrogens with one attached hydrogen (secondary N) is 1. The predicted octanol–water partition coefficient (Wildman–Crippen LogP) is 2.27.